The first-order valence-corrected chi connectivity index (χ1v) is 6.85. The van der Waals surface area contributed by atoms with Gasteiger partial charge >= 0.3 is 0 Å². The van der Waals surface area contributed by atoms with E-state index in [0.29, 0.717) is 12.2 Å². The number of nitrogen functional groups attached to an aromatic ring is 1. The normalized spacial score (nSPS) is 10.9. The molecular formula is C13H13BrN6. The minimum absolute atomic E-state index is 0.232. The standard InChI is InChI=1S/C13H13BrN6/c1-20(7-8-4-2-3-5-10(8)14)12-9-6-16-19-11(9)17-13(15)18-12/h2-6H,7H2,1H3,(H3,15,16,17,18,19). The molecule has 20 heavy (non-hydrogen) atoms. The van der Waals surface area contributed by atoms with E-state index in [1.54, 1.807) is 6.20 Å². The van der Waals surface area contributed by atoms with Gasteiger partial charge in [0.15, 0.2) is 5.65 Å². The lowest BCUT2D eigenvalue weighted by Gasteiger charge is -2.19. The molecule has 0 fully saturated rings. The summed E-state index contributed by atoms with van der Waals surface area (Å²) in [6.07, 6.45) is 1.71. The highest BCUT2D eigenvalue weighted by Gasteiger charge is 2.13. The lowest BCUT2D eigenvalue weighted by Crippen LogP contribution is -2.19. The van der Waals surface area contributed by atoms with Crippen molar-refractivity contribution in [2.75, 3.05) is 17.7 Å². The van der Waals surface area contributed by atoms with Gasteiger partial charge in [0.2, 0.25) is 5.95 Å². The average molecular weight is 333 g/mol. The maximum absolute atomic E-state index is 5.74. The van der Waals surface area contributed by atoms with E-state index in [-0.39, 0.29) is 5.95 Å². The van der Waals surface area contributed by atoms with E-state index < -0.39 is 0 Å². The SMILES string of the molecule is CN(Cc1ccccc1Br)c1nc(N)nc2[nH]ncc12. The van der Waals surface area contributed by atoms with Crippen LogP contribution in [0.2, 0.25) is 0 Å². The predicted molar refractivity (Wildman–Crippen MR) is 82.3 cm³/mol. The van der Waals surface area contributed by atoms with Gasteiger partial charge in [-0.2, -0.15) is 15.1 Å². The number of rotatable bonds is 3. The van der Waals surface area contributed by atoms with Gasteiger partial charge < -0.3 is 10.6 Å². The summed E-state index contributed by atoms with van der Waals surface area (Å²) in [4.78, 5) is 10.5. The van der Waals surface area contributed by atoms with Crippen molar-refractivity contribution in [3.8, 4) is 0 Å². The third-order valence-electron chi connectivity index (χ3n) is 3.03. The number of aromatic amines is 1. The third-order valence-corrected chi connectivity index (χ3v) is 3.81. The molecule has 3 rings (SSSR count). The van der Waals surface area contributed by atoms with E-state index in [2.05, 4.69) is 42.2 Å². The van der Waals surface area contributed by atoms with Gasteiger partial charge in [0.25, 0.3) is 0 Å². The molecule has 2 heterocycles. The van der Waals surface area contributed by atoms with E-state index in [1.807, 2.05) is 30.1 Å². The Morgan fingerprint density at radius 1 is 1.30 bits per heavy atom. The summed E-state index contributed by atoms with van der Waals surface area (Å²) in [6.45, 7) is 0.707. The molecule has 3 aromatic rings. The Morgan fingerprint density at radius 3 is 2.90 bits per heavy atom. The van der Waals surface area contributed by atoms with Crippen molar-refractivity contribution in [1.82, 2.24) is 20.2 Å². The van der Waals surface area contributed by atoms with Crippen LogP contribution in [0.4, 0.5) is 11.8 Å². The highest BCUT2D eigenvalue weighted by atomic mass is 79.9. The Hall–Kier alpha value is -2.15. The van der Waals surface area contributed by atoms with Crippen LogP contribution in [0.3, 0.4) is 0 Å². The molecule has 7 heteroatoms. The molecule has 0 unspecified atom stereocenters. The minimum Gasteiger partial charge on any atom is -0.368 e. The zero-order chi connectivity index (χ0) is 14.1. The molecule has 3 N–H and O–H groups in total. The maximum atomic E-state index is 5.74. The largest absolute Gasteiger partial charge is 0.368 e. The first kappa shape index (κ1) is 12.9. The van der Waals surface area contributed by atoms with Crippen LogP contribution in [0.1, 0.15) is 5.56 Å². The summed E-state index contributed by atoms with van der Waals surface area (Å²) in [5.74, 6) is 0.993. The first-order valence-electron chi connectivity index (χ1n) is 6.06. The highest BCUT2D eigenvalue weighted by Crippen LogP contribution is 2.25. The third kappa shape index (κ3) is 2.32. The van der Waals surface area contributed by atoms with Crippen LogP contribution in [-0.2, 0) is 6.54 Å². The second kappa shape index (κ2) is 5.09. The molecule has 0 saturated carbocycles. The summed E-state index contributed by atoms with van der Waals surface area (Å²) in [6, 6.07) is 8.09. The van der Waals surface area contributed by atoms with Gasteiger partial charge in [0, 0.05) is 18.1 Å². The topological polar surface area (TPSA) is 83.7 Å². The van der Waals surface area contributed by atoms with Crippen molar-refractivity contribution < 1.29 is 0 Å². The number of H-pyrrole nitrogens is 1. The molecule has 0 saturated heterocycles. The predicted octanol–water partition coefficient (Wildman–Crippen LogP) is 2.33. The number of nitrogens with zero attached hydrogens (tertiary/aromatic N) is 4. The van der Waals surface area contributed by atoms with Crippen LogP contribution < -0.4 is 10.6 Å². The van der Waals surface area contributed by atoms with Gasteiger partial charge in [-0.3, -0.25) is 5.10 Å². The second-order valence-corrected chi connectivity index (χ2v) is 5.34. The summed E-state index contributed by atoms with van der Waals surface area (Å²) >= 11 is 3.55. The van der Waals surface area contributed by atoms with Gasteiger partial charge in [-0.05, 0) is 11.6 Å². The van der Waals surface area contributed by atoms with Gasteiger partial charge in [0.05, 0.1) is 11.6 Å². The van der Waals surface area contributed by atoms with Crippen LogP contribution in [0.5, 0.6) is 0 Å². The van der Waals surface area contributed by atoms with Crippen LogP contribution >= 0.6 is 15.9 Å². The van der Waals surface area contributed by atoms with Crippen molar-refractivity contribution in [3.63, 3.8) is 0 Å². The molecule has 0 atom stereocenters. The smallest absolute Gasteiger partial charge is 0.224 e. The molecular weight excluding hydrogens is 320 g/mol. The van der Waals surface area contributed by atoms with E-state index in [4.69, 9.17) is 5.73 Å². The lowest BCUT2D eigenvalue weighted by molar-refractivity contribution is 0.898. The Kier molecular flexibility index (Phi) is 3.27. The molecule has 0 bridgehead atoms. The Labute approximate surface area is 124 Å². The molecule has 0 aliphatic heterocycles. The summed E-state index contributed by atoms with van der Waals surface area (Å²) in [7, 11) is 1.97. The monoisotopic (exact) mass is 332 g/mol. The molecule has 0 amide bonds. The second-order valence-electron chi connectivity index (χ2n) is 4.49. The van der Waals surface area contributed by atoms with Crippen molar-refractivity contribution in [2.45, 2.75) is 6.54 Å². The van der Waals surface area contributed by atoms with Crippen LogP contribution in [-0.4, -0.2) is 27.2 Å². The molecule has 0 spiro atoms. The number of anilines is 2. The van der Waals surface area contributed by atoms with Gasteiger partial charge in [0.1, 0.15) is 5.82 Å². The molecule has 0 radical (unpaired) electrons. The number of nitrogens with two attached hydrogens (primary N) is 1. The van der Waals surface area contributed by atoms with Crippen LogP contribution in [0.15, 0.2) is 34.9 Å². The number of halogens is 1. The number of hydrogen-bond donors (Lipinski definition) is 2. The van der Waals surface area contributed by atoms with E-state index in [0.717, 1.165) is 15.7 Å². The molecule has 2 aromatic heterocycles. The van der Waals surface area contributed by atoms with Crippen LogP contribution in [0.25, 0.3) is 11.0 Å². The van der Waals surface area contributed by atoms with E-state index >= 15 is 0 Å². The Balaban J connectivity index is 1.98. The molecule has 6 nitrogen and oxygen atoms in total. The number of nitrogens with one attached hydrogen (secondary N) is 1. The Morgan fingerprint density at radius 2 is 2.10 bits per heavy atom. The van der Waals surface area contributed by atoms with Gasteiger partial charge in [-0.15, -0.1) is 0 Å². The number of benzene rings is 1. The van der Waals surface area contributed by atoms with Gasteiger partial charge in [-0.1, -0.05) is 34.1 Å². The fraction of sp³-hybridized carbons (Fsp3) is 0.154. The van der Waals surface area contributed by atoms with E-state index in [9.17, 15) is 0 Å². The maximum Gasteiger partial charge on any atom is 0.224 e. The summed E-state index contributed by atoms with van der Waals surface area (Å²) in [5.41, 5.74) is 7.55. The minimum atomic E-state index is 0.232. The van der Waals surface area contributed by atoms with E-state index in [1.165, 1.54) is 5.56 Å². The number of hydrogen-bond acceptors (Lipinski definition) is 5. The zero-order valence-electron chi connectivity index (χ0n) is 10.8. The average Bonchev–Trinajstić information content (AvgIpc) is 2.88. The quantitative estimate of drug-likeness (QED) is 0.769. The highest BCUT2D eigenvalue weighted by molar-refractivity contribution is 9.10. The van der Waals surface area contributed by atoms with Gasteiger partial charge in [-0.25, -0.2) is 0 Å². The molecule has 102 valence electrons. The Bertz CT molecular complexity index is 753. The molecule has 0 aliphatic rings. The lowest BCUT2D eigenvalue weighted by atomic mass is 10.2. The van der Waals surface area contributed by atoms with Crippen molar-refractivity contribution in [3.05, 3.63) is 40.5 Å². The summed E-state index contributed by atoms with van der Waals surface area (Å²) in [5, 5.41) is 7.66. The molecule has 0 aliphatic carbocycles. The van der Waals surface area contributed by atoms with Crippen molar-refractivity contribution in [2.24, 2.45) is 0 Å². The fourth-order valence-electron chi connectivity index (χ4n) is 2.08. The molecule has 1 aromatic carbocycles. The first-order chi connectivity index (χ1) is 9.65. The zero-order valence-corrected chi connectivity index (χ0v) is 12.4. The van der Waals surface area contributed by atoms with Crippen molar-refractivity contribution in [1.29, 1.82) is 0 Å². The summed E-state index contributed by atoms with van der Waals surface area (Å²) < 4.78 is 1.07. The number of aromatic nitrogens is 4. The number of fused-ring (bicyclic) bond motifs is 1. The fourth-order valence-corrected chi connectivity index (χ4v) is 2.49. The van der Waals surface area contributed by atoms with Crippen molar-refractivity contribution >= 4 is 38.7 Å². The van der Waals surface area contributed by atoms with Crippen LogP contribution in [0, 0.1) is 0 Å².